The fourth-order valence-corrected chi connectivity index (χ4v) is 4.11. The molecule has 186 valence electrons. The van der Waals surface area contributed by atoms with E-state index in [0.29, 0.717) is 18.5 Å². The topological polar surface area (TPSA) is 78.9 Å². The van der Waals surface area contributed by atoms with Gasteiger partial charge in [-0.25, -0.2) is 0 Å². The van der Waals surface area contributed by atoms with Crippen LogP contribution in [0.25, 0.3) is 0 Å². The Morgan fingerprint density at radius 2 is 1.45 bits per heavy atom. The van der Waals surface area contributed by atoms with Gasteiger partial charge in [-0.05, 0) is 37.1 Å². The highest BCUT2D eigenvalue weighted by Crippen LogP contribution is 2.41. The molecule has 0 spiro atoms. The van der Waals surface area contributed by atoms with Crippen LogP contribution in [0.15, 0.2) is 29.4 Å². The lowest BCUT2D eigenvalue weighted by Crippen LogP contribution is -2.56. The van der Waals surface area contributed by atoms with E-state index in [9.17, 15) is 23.1 Å². The van der Waals surface area contributed by atoms with E-state index in [1.165, 1.54) is 75.6 Å². The molecule has 1 aliphatic heterocycles. The number of amides is 1. The number of nitrogens with zero attached hydrogens (tertiary/aromatic N) is 2. The smallest absolute Gasteiger partial charge is 0.399 e. The number of hydrogen-bond acceptors (Lipinski definition) is 4. The van der Waals surface area contributed by atoms with Gasteiger partial charge in [-0.2, -0.15) is 23.3 Å². The maximum Gasteiger partial charge on any atom is 0.438 e. The Balaban J connectivity index is 1.78. The van der Waals surface area contributed by atoms with Crippen LogP contribution in [0.4, 0.5) is 18.9 Å². The zero-order chi connectivity index (χ0) is 24.3. The molecule has 0 saturated carbocycles. The van der Waals surface area contributed by atoms with E-state index in [-0.39, 0.29) is 16.3 Å². The molecule has 1 aliphatic rings. The highest BCUT2D eigenvalue weighted by Gasteiger charge is 2.63. The summed E-state index contributed by atoms with van der Waals surface area (Å²) in [7, 11) is 0. The molecule has 1 atom stereocenters. The first-order valence-corrected chi connectivity index (χ1v) is 12.2. The van der Waals surface area contributed by atoms with Crippen LogP contribution in [-0.2, 0) is 0 Å². The molecule has 0 aliphatic carbocycles. The lowest BCUT2D eigenvalue weighted by Gasteiger charge is -2.32. The molecule has 8 heteroatoms. The number of nitrogen functional groups attached to an aromatic ring is 1. The molecular weight excluding hydrogens is 431 g/mol. The predicted octanol–water partition coefficient (Wildman–Crippen LogP) is 6.81. The number of aliphatic hydroxyl groups is 1. The fourth-order valence-electron chi connectivity index (χ4n) is 4.11. The van der Waals surface area contributed by atoms with Crippen molar-refractivity contribution in [1.82, 2.24) is 5.01 Å². The minimum absolute atomic E-state index is 0.0118. The third kappa shape index (κ3) is 8.02. The minimum atomic E-state index is -5.02. The predicted molar refractivity (Wildman–Crippen MR) is 126 cm³/mol. The van der Waals surface area contributed by atoms with Crippen LogP contribution in [0.1, 0.15) is 107 Å². The number of hydrazone groups is 1. The maximum atomic E-state index is 13.6. The van der Waals surface area contributed by atoms with Crippen LogP contribution in [0.3, 0.4) is 0 Å². The first kappa shape index (κ1) is 27.2. The number of anilines is 1. The monoisotopic (exact) mass is 469 g/mol. The number of benzene rings is 1. The maximum absolute atomic E-state index is 13.6. The summed E-state index contributed by atoms with van der Waals surface area (Å²) in [5, 5.41) is 14.5. The van der Waals surface area contributed by atoms with Crippen LogP contribution < -0.4 is 5.73 Å². The molecule has 1 aromatic carbocycles. The van der Waals surface area contributed by atoms with Gasteiger partial charge in [0.1, 0.15) is 0 Å². The van der Waals surface area contributed by atoms with Gasteiger partial charge in [0.2, 0.25) is 0 Å². The number of unbranched alkanes of at least 4 members (excludes halogenated alkanes) is 11. The molecule has 1 aromatic rings. The van der Waals surface area contributed by atoms with E-state index in [1.54, 1.807) is 0 Å². The number of halogens is 3. The summed E-state index contributed by atoms with van der Waals surface area (Å²) >= 11 is 0. The van der Waals surface area contributed by atoms with Crippen LogP contribution >= 0.6 is 0 Å². The van der Waals surface area contributed by atoms with Crippen molar-refractivity contribution in [3.05, 3.63) is 29.8 Å². The Hall–Kier alpha value is -2.09. The Kier molecular flexibility index (Phi) is 10.7. The van der Waals surface area contributed by atoms with E-state index >= 15 is 0 Å². The summed E-state index contributed by atoms with van der Waals surface area (Å²) in [5.74, 6) is -1.00. The highest BCUT2D eigenvalue weighted by atomic mass is 19.4. The second kappa shape index (κ2) is 13.0. The molecule has 0 fully saturated rings. The Morgan fingerprint density at radius 3 is 1.94 bits per heavy atom. The SMILES string of the molecule is CCCCCCCCCCCCCCC1=NN(C(=O)c2ccc(N)cc2)[C@@](O)(C(F)(F)F)C1. The highest BCUT2D eigenvalue weighted by molar-refractivity contribution is 5.98. The molecule has 0 bridgehead atoms. The molecule has 0 unspecified atom stereocenters. The van der Waals surface area contributed by atoms with E-state index in [0.717, 1.165) is 19.3 Å². The molecule has 1 heterocycles. The van der Waals surface area contributed by atoms with Crippen LogP contribution in [0, 0.1) is 0 Å². The Morgan fingerprint density at radius 1 is 0.970 bits per heavy atom. The lowest BCUT2D eigenvalue weighted by molar-refractivity contribution is -0.297. The van der Waals surface area contributed by atoms with E-state index in [1.807, 2.05) is 0 Å². The van der Waals surface area contributed by atoms with Crippen molar-refractivity contribution >= 4 is 17.3 Å². The van der Waals surface area contributed by atoms with Crippen LogP contribution in [0.2, 0.25) is 0 Å². The second-order valence-corrected chi connectivity index (χ2v) is 9.04. The van der Waals surface area contributed by atoms with Crippen LogP contribution in [-0.4, -0.2) is 33.6 Å². The first-order chi connectivity index (χ1) is 15.7. The van der Waals surface area contributed by atoms with Gasteiger partial charge in [-0.3, -0.25) is 4.79 Å². The van der Waals surface area contributed by atoms with Crippen molar-refractivity contribution in [3.8, 4) is 0 Å². The van der Waals surface area contributed by atoms with Crippen molar-refractivity contribution < 1.29 is 23.1 Å². The van der Waals surface area contributed by atoms with Gasteiger partial charge in [0.05, 0.1) is 0 Å². The first-order valence-electron chi connectivity index (χ1n) is 12.2. The van der Waals surface area contributed by atoms with Crippen molar-refractivity contribution in [2.45, 2.75) is 109 Å². The number of rotatable bonds is 14. The fraction of sp³-hybridized carbons (Fsp3) is 0.680. The van der Waals surface area contributed by atoms with Gasteiger partial charge in [0.25, 0.3) is 11.6 Å². The zero-order valence-corrected chi connectivity index (χ0v) is 19.7. The van der Waals surface area contributed by atoms with E-state index < -0.39 is 24.2 Å². The van der Waals surface area contributed by atoms with Crippen LogP contribution in [0.5, 0.6) is 0 Å². The average Bonchev–Trinajstić information content (AvgIpc) is 3.12. The molecule has 3 N–H and O–H groups in total. The quantitative estimate of drug-likeness (QED) is 0.232. The standard InChI is InChI=1S/C25H38F3N3O2/c1-2-3-4-5-6-7-8-9-10-11-12-13-14-22-19-24(33,25(26,27)28)31(30-22)23(32)20-15-17-21(29)18-16-20/h15-18,33H,2-14,19,29H2,1H3/t24-/m0/s1. The average molecular weight is 470 g/mol. The summed E-state index contributed by atoms with van der Waals surface area (Å²) in [6.07, 6.45) is 8.56. The molecule has 5 nitrogen and oxygen atoms in total. The van der Waals surface area contributed by atoms with Crippen molar-refractivity contribution in [3.63, 3.8) is 0 Å². The molecule has 1 amide bonds. The third-order valence-electron chi connectivity index (χ3n) is 6.17. The number of carbonyl (C=O) groups excluding carboxylic acids is 1. The van der Waals surface area contributed by atoms with Gasteiger partial charge < -0.3 is 10.8 Å². The molecule has 0 aromatic heterocycles. The lowest BCUT2D eigenvalue weighted by atomic mass is 10.0. The summed E-state index contributed by atoms with van der Waals surface area (Å²) in [6.45, 7) is 2.22. The van der Waals surface area contributed by atoms with Gasteiger partial charge >= 0.3 is 6.18 Å². The number of alkyl halides is 3. The third-order valence-corrected chi connectivity index (χ3v) is 6.17. The second-order valence-electron chi connectivity index (χ2n) is 9.04. The Bertz CT molecular complexity index is 765. The minimum Gasteiger partial charge on any atom is -0.399 e. The Labute approximate surface area is 195 Å². The normalized spacial score (nSPS) is 18.6. The molecule has 2 rings (SSSR count). The molecular formula is C25H38F3N3O2. The number of nitrogens with two attached hydrogens (primary N) is 1. The summed E-state index contributed by atoms with van der Waals surface area (Å²) in [4.78, 5) is 12.7. The zero-order valence-electron chi connectivity index (χ0n) is 19.7. The van der Waals surface area contributed by atoms with Crippen molar-refractivity contribution in [1.29, 1.82) is 0 Å². The summed E-state index contributed by atoms with van der Waals surface area (Å²) < 4.78 is 40.9. The summed E-state index contributed by atoms with van der Waals surface area (Å²) in [6, 6.07) is 5.50. The summed E-state index contributed by atoms with van der Waals surface area (Å²) in [5.41, 5.74) is 2.83. The van der Waals surface area contributed by atoms with E-state index in [2.05, 4.69) is 12.0 Å². The van der Waals surface area contributed by atoms with Gasteiger partial charge in [0, 0.05) is 23.4 Å². The largest absolute Gasteiger partial charge is 0.438 e. The van der Waals surface area contributed by atoms with E-state index in [4.69, 9.17) is 5.73 Å². The molecule has 0 saturated heterocycles. The van der Waals surface area contributed by atoms with Crippen molar-refractivity contribution in [2.75, 3.05) is 5.73 Å². The van der Waals surface area contributed by atoms with Crippen molar-refractivity contribution in [2.24, 2.45) is 5.10 Å². The molecule has 0 radical (unpaired) electrons. The van der Waals surface area contributed by atoms with Gasteiger partial charge in [-0.1, -0.05) is 77.6 Å². The van der Waals surface area contributed by atoms with Gasteiger partial charge in [-0.15, -0.1) is 0 Å². The number of hydrogen-bond donors (Lipinski definition) is 2. The molecule has 33 heavy (non-hydrogen) atoms. The van der Waals surface area contributed by atoms with Gasteiger partial charge in [0.15, 0.2) is 0 Å². The number of carbonyl (C=O) groups is 1.